The van der Waals surface area contributed by atoms with Gasteiger partial charge in [-0.05, 0) is 12.5 Å². The third kappa shape index (κ3) is 2.46. The summed E-state index contributed by atoms with van der Waals surface area (Å²) in [5.74, 6) is -0.300. The zero-order chi connectivity index (χ0) is 12.3. The van der Waals surface area contributed by atoms with Crippen LogP contribution in [-0.2, 0) is 0 Å². The molecular weight excluding hydrogens is 210 g/mol. The minimum Gasteiger partial charge on any atom is -0.392 e. The number of nitrogen functional groups attached to an aromatic ring is 1. The van der Waals surface area contributed by atoms with Gasteiger partial charge >= 0.3 is 5.69 Å². The fourth-order valence-corrected chi connectivity index (χ4v) is 1.44. The Hall–Kier alpha value is -1.69. The van der Waals surface area contributed by atoms with Gasteiger partial charge in [0.1, 0.15) is 0 Å². The maximum absolute atomic E-state index is 10.5. The Bertz CT molecular complexity index is 395. The summed E-state index contributed by atoms with van der Waals surface area (Å²) in [6, 6.07) is 2.84. The lowest BCUT2D eigenvalue weighted by Gasteiger charge is -2.16. The number of nitrogens with zero attached hydrogens (tertiary/aromatic N) is 2. The molecule has 1 aromatic heterocycles. The average molecular weight is 225 g/mol. The Balaban J connectivity index is 3.01. The van der Waals surface area contributed by atoms with Gasteiger partial charge in [0, 0.05) is 17.7 Å². The standard InChI is InChI=1S/C10H15N3O3/c1-3-9(14)6(2)7-4-5-8(13(15)16)10(11)12-7/h4-6,9,14H,3H2,1-2H3,(H2,11,12). The topological polar surface area (TPSA) is 102 Å². The maximum Gasteiger partial charge on any atom is 0.311 e. The van der Waals surface area contributed by atoms with E-state index < -0.39 is 11.0 Å². The van der Waals surface area contributed by atoms with Crippen molar-refractivity contribution in [2.24, 2.45) is 0 Å². The number of pyridine rings is 1. The van der Waals surface area contributed by atoms with Crippen LogP contribution < -0.4 is 5.73 Å². The van der Waals surface area contributed by atoms with Crippen molar-refractivity contribution in [3.05, 3.63) is 27.9 Å². The lowest BCUT2D eigenvalue weighted by atomic mass is 9.98. The van der Waals surface area contributed by atoms with Crippen LogP contribution in [0.1, 0.15) is 31.9 Å². The van der Waals surface area contributed by atoms with Crippen LogP contribution >= 0.6 is 0 Å². The van der Waals surface area contributed by atoms with Crippen LogP contribution in [0.25, 0.3) is 0 Å². The van der Waals surface area contributed by atoms with Crippen molar-refractivity contribution in [1.82, 2.24) is 4.98 Å². The van der Waals surface area contributed by atoms with E-state index in [0.29, 0.717) is 12.1 Å². The van der Waals surface area contributed by atoms with E-state index in [9.17, 15) is 15.2 Å². The molecule has 0 saturated heterocycles. The summed E-state index contributed by atoms with van der Waals surface area (Å²) < 4.78 is 0. The highest BCUT2D eigenvalue weighted by Crippen LogP contribution is 2.25. The van der Waals surface area contributed by atoms with Crippen LogP contribution in [0.5, 0.6) is 0 Å². The molecule has 0 aliphatic rings. The summed E-state index contributed by atoms with van der Waals surface area (Å²) in [5.41, 5.74) is 5.83. The van der Waals surface area contributed by atoms with Crippen molar-refractivity contribution < 1.29 is 10.0 Å². The summed E-state index contributed by atoms with van der Waals surface area (Å²) in [6.45, 7) is 3.66. The first-order valence-electron chi connectivity index (χ1n) is 5.06. The molecule has 6 heteroatoms. The second-order valence-corrected chi connectivity index (χ2v) is 3.66. The van der Waals surface area contributed by atoms with Gasteiger partial charge in [-0.3, -0.25) is 10.1 Å². The molecular formula is C10H15N3O3. The maximum atomic E-state index is 10.5. The number of nitrogens with two attached hydrogens (primary N) is 1. The highest BCUT2D eigenvalue weighted by Gasteiger charge is 2.19. The SMILES string of the molecule is CCC(O)C(C)c1ccc([N+](=O)[O-])c(N)n1. The highest BCUT2D eigenvalue weighted by molar-refractivity contribution is 5.52. The average Bonchev–Trinajstić information content (AvgIpc) is 2.26. The van der Waals surface area contributed by atoms with Crippen molar-refractivity contribution in [3.63, 3.8) is 0 Å². The predicted octanol–water partition coefficient (Wildman–Crippen LogP) is 1.45. The summed E-state index contributed by atoms with van der Waals surface area (Å²) >= 11 is 0. The minimum atomic E-state index is -0.576. The largest absolute Gasteiger partial charge is 0.392 e. The molecule has 0 aliphatic carbocycles. The normalized spacial score (nSPS) is 14.4. The van der Waals surface area contributed by atoms with Crippen LogP contribution in [0.3, 0.4) is 0 Å². The molecule has 6 nitrogen and oxygen atoms in total. The second-order valence-electron chi connectivity index (χ2n) is 3.66. The molecule has 16 heavy (non-hydrogen) atoms. The van der Waals surface area contributed by atoms with Crippen molar-refractivity contribution in [2.45, 2.75) is 32.3 Å². The Morgan fingerprint density at radius 3 is 2.69 bits per heavy atom. The summed E-state index contributed by atoms with van der Waals surface area (Å²) in [7, 11) is 0. The third-order valence-corrected chi connectivity index (χ3v) is 2.58. The number of hydrogen-bond acceptors (Lipinski definition) is 5. The molecule has 1 rings (SSSR count). The van der Waals surface area contributed by atoms with Crippen molar-refractivity contribution in [1.29, 1.82) is 0 Å². The Morgan fingerprint density at radius 2 is 2.25 bits per heavy atom. The van der Waals surface area contributed by atoms with Crippen LogP contribution in [0, 0.1) is 10.1 Å². The number of aliphatic hydroxyl groups excluding tert-OH is 1. The number of aromatic nitrogens is 1. The highest BCUT2D eigenvalue weighted by atomic mass is 16.6. The monoisotopic (exact) mass is 225 g/mol. The molecule has 0 fully saturated rings. The lowest BCUT2D eigenvalue weighted by Crippen LogP contribution is -2.16. The van der Waals surface area contributed by atoms with Gasteiger partial charge < -0.3 is 10.8 Å². The zero-order valence-electron chi connectivity index (χ0n) is 9.25. The summed E-state index contributed by atoms with van der Waals surface area (Å²) in [6.07, 6.45) is 0.0769. The summed E-state index contributed by atoms with van der Waals surface area (Å²) in [5, 5.41) is 20.2. The molecule has 0 aliphatic heterocycles. The van der Waals surface area contributed by atoms with Crippen molar-refractivity contribution in [3.8, 4) is 0 Å². The molecule has 1 aromatic rings. The van der Waals surface area contributed by atoms with Gasteiger partial charge in [0.25, 0.3) is 0 Å². The molecule has 0 amide bonds. The Morgan fingerprint density at radius 1 is 1.62 bits per heavy atom. The minimum absolute atomic E-state index is 0.113. The zero-order valence-corrected chi connectivity index (χ0v) is 9.25. The Kier molecular flexibility index (Phi) is 3.78. The molecule has 2 atom stereocenters. The lowest BCUT2D eigenvalue weighted by molar-refractivity contribution is -0.384. The number of nitro groups is 1. The molecule has 3 N–H and O–H groups in total. The van der Waals surface area contributed by atoms with Gasteiger partial charge in [-0.25, -0.2) is 4.98 Å². The molecule has 0 saturated carbocycles. The fraction of sp³-hybridized carbons (Fsp3) is 0.500. The van der Waals surface area contributed by atoms with E-state index >= 15 is 0 Å². The number of aliphatic hydroxyl groups is 1. The van der Waals surface area contributed by atoms with E-state index in [1.54, 1.807) is 0 Å². The quantitative estimate of drug-likeness (QED) is 0.596. The van der Waals surface area contributed by atoms with Crippen LogP contribution in [0.4, 0.5) is 11.5 Å². The number of anilines is 1. The molecule has 0 aromatic carbocycles. The third-order valence-electron chi connectivity index (χ3n) is 2.58. The van der Waals surface area contributed by atoms with E-state index in [-0.39, 0.29) is 17.4 Å². The second kappa shape index (κ2) is 4.89. The number of rotatable bonds is 4. The van der Waals surface area contributed by atoms with Gasteiger partial charge in [-0.1, -0.05) is 13.8 Å². The first-order valence-corrected chi connectivity index (χ1v) is 5.06. The fourth-order valence-electron chi connectivity index (χ4n) is 1.44. The molecule has 88 valence electrons. The molecule has 1 heterocycles. The smallest absolute Gasteiger partial charge is 0.311 e. The van der Waals surface area contributed by atoms with E-state index in [1.165, 1.54) is 12.1 Å². The van der Waals surface area contributed by atoms with Crippen LogP contribution in [0.15, 0.2) is 12.1 Å². The van der Waals surface area contributed by atoms with E-state index in [0.717, 1.165) is 0 Å². The van der Waals surface area contributed by atoms with Crippen LogP contribution in [0.2, 0.25) is 0 Å². The predicted molar refractivity (Wildman–Crippen MR) is 60.0 cm³/mol. The van der Waals surface area contributed by atoms with Gasteiger partial charge in [0.15, 0.2) is 0 Å². The van der Waals surface area contributed by atoms with E-state index in [2.05, 4.69) is 4.98 Å². The Labute approximate surface area is 93.3 Å². The van der Waals surface area contributed by atoms with E-state index in [1.807, 2.05) is 13.8 Å². The molecule has 0 spiro atoms. The van der Waals surface area contributed by atoms with Gasteiger partial charge in [-0.2, -0.15) is 0 Å². The number of hydrogen-bond donors (Lipinski definition) is 2. The van der Waals surface area contributed by atoms with E-state index in [4.69, 9.17) is 5.73 Å². The summed E-state index contributed by atoms with van der Waals surface area (Å²) in [4.78, 5) is 13.9. The molecule has 0 bridgehead atoms. The van der Waals surface area contributed by atoms with Gasteiger partial charge in [0.05, 0.1) is 11.0 Å². The van der Waals surface area contributed by atoms with Gasteiger partial charge in [0.2, 0.25) is 5.82 Å². The molecule has 0 radical (unpaired) electrons. The first-order chi connectivity index (χ1) is 7.47. The first kappa shape index (κ1) is 12.4. The van der Waals surface area contributed by atoms with Crippen LogP contribution in [-0.4, -0.2) is 21.1 Å². The van der Waals surface area contributed by atoms with Crippen molar-refractivity contribution in [2.75, 3.05) is 5.73 Å². The molecule has 2 unspecified atom stereocenters. The van der Waals surface area contributed by atoms with Gasteiger partial charge in [-0.15, -0.1) is 0 Å². The van der Waals surface area contributed by atoms with Crippen molar-refractivity contribution >= 4 is 11.5 Å².